The molecule has 0 aliphatic carbocycles. The first-order valence-corrected chi connectivity index (χ1v) is 5.99. The van der Waals surface area contributed by atoms with Gasteiger partial charge in [0.15, 0.2) is 0 Å². The van der Waals surface area contributed by atoms with Crippen LogP contribution in [0.5, 0.6) is 0 Å². The molecule has 0 aromatic heterocycles. The number of hydrogen-bond acceptors (Lipinski definition) is 2. The van der Waals surface area contributed by atoms with Crippen molar-refractivity contribution in [1.82, 2.24) is 0 Å². The summed E-state index contributed by atoms with van der Waals surface area (Å²) < 4.78 is 97.5. The Morgan fingerprint density at radius 3 is 2.15 bits per heavy atom. The molecule has 0 bridgehead atoms. The molecule has 2 nitrogen and oxygen atoms in total. The normalized spacial score (nSPS) is 26.2. The van der Waals surface area contributed by atoms with Crippen molar-refractivity contribution in [2.45, 2.75) is 51.9 Å². The minimum atomic E-state index is -5.19. The van der Waals surface area contributed by atoms with E-state index >= 15 is 0 Å². The Hall–Kier alpha value is -1.01. The molecular weight excluding hydrogens is 268 g/mol. The van der Waals surface area contributed by atoms with Crippen LogP contribution >= 0.6 is 0 Å². The molecule has 1 heterocycles. The van der Waals surface area contributed by atoms with Crippen molar-refractivity contribution in [3.8, 4) is 0 Å². The third kappa shape index (κ3) is 2.59. The number of benzene rings is 1. The highest BCUT2D eigenvalue weighted by Crippen LogP contribution is 2.37. The van der Waals surface area contributed by atoms with E-state index in [0.717, 1.165) is 0 Å². The Bertz CT molecular complexity index is 730. The summed E-state index contributed by atoms with van der Waals surface area (Å²) in [6.07, 6.45) is -5.19. The summed E-state index contributed by atoms with van der Waals surface area (Å²) in [5.74, 6) is 0. The van der Waals surface area contributed by atoms with Gasteiger partial charge in [0.25, 0.3) is 0 Å². The van der Waals surface area contributed by atoms with Crippen molar-refractivity contribution in [3.63, 3.8) is 0 Å². The predicted octanol–water partition coefficient (Wildman–Crippen LogP) is 3.31. The molecular formula is C14H18BF3O2. The van der Waals surface area contributed by atoms with Crippen molar-refractivity contribution in [2.75, 3.05) is 0 Å². The second kappa shape index (κ2) is 4.50. The average molecular weight is 292 g/mol. The zero-order valence-corrected chi connectivity index (χ0v) is 11.5. The fourth-order valence-electron chi connectivity index (χ4n) is 1.71. The van der Waals surface area contributed by atoms with Gasteiger partial charge >= 0.3 is 13.3 Å². The van der Waals surface area contributed by atoms with Gasteiger partial charge in [-0.15, -0.1) is 0 Å². The molecule has 1 fully saturated rings. The van der Waals surface area contributed by atoms with E-state index in [1.807, 2.05) is 0 Å². The molecule has 2 rings (SSSR count). The fourth-order valence-corrected chi connectivity index (χ4v) is 1.71. The average Bonchev–Trinajstić information content (AvgIpc) is 2.59. The summed E-state index contributed by atoms with van der Waals surface area (Å²) in [6, 6.07) is -3.16. The molecule has 110 valence electrons. The van der Waals surface area contributed by atoms with E-state index in [2.05, 4.69) is 0 Å². The van der Waals surface area contributed by atoms with E-state index in [1.54, 1.807) is 27.7 Å². The Morgan fingerprint density at radius 2 is 1.70 bits per heavy atom. The number of hydrogen-bond donors (Lipinski definition) is 0. The van der Waals surface area contributed by atoms with Crippen LogP contribution < -0.4 is 5.46 Å². The number of alkyl halides is 3. The maximum Gasteiger partial charge on any atom is 0.494 e. The van der Waals surface area contributed by atoms with Crippen LogP contribution in [0.3, 0.4) is 0 Å². The fraction of sp³-hybridized carbons (Fsp3) is 0.571. The Morgan fingerprint density at radius 1 is 1.15 bits per heavy atom. The van der Waals surface area contributed by atoms with Gasteiger partial charge in [-0.2, -0.15) is 13.2 Å². The minimum Gasteiger partial charge on any atom is -0.399 e. The van der Waals surface area contributed by atoms with Crippen LogP contribution in [0.1, 0.15) is 47.0 Å². The summed E-state index contributed by atoms with van der Waals surface area (Å²) in [7, 11) is -1.49. The van der Waals surface area contributed by atoms with Crippen LogP contribution in [0, 0.1) is 6.85 Å². The number of halogens is 3. The highest BCUT2D eigenvalue weighted by Gasteiger charge is 2.52. The quantitative estimate of drug-likeness (QED) is 0.739. The first-order valence-electron chi connectivity index (χ1n) is 8.99. The lowest BCUT2D eigenvalue weighted by Gasteiger charge is -2.32. The molecule has 0 N–H and O–H groups in total. The molecule has 1 aliphatic heterocycles. The first-order chi connectivity index (χ1) is 11.4. The van der Waals surface area contributed by atoms with Crippen molar-refractivity contribution in [1.29, 1.82) is 0 Å². The Balaban J connectivity index is 2.81. The molecule has 0 saturated carbocycles. The molecule has 0 radical (unpaired) electrons. The van der Waals surface area contributed by atoms with E-state index in [-0.39, 0.29) is 0 Å². The molecule has 1 aromatic rings. The van der Waals surface area contributed by atoms with Gasteiger partial charge < -0.3 is 9.31 Å². The van der Waals surface area contributed by atoms with Crippen LogP contribution in [0.15, 0.2) is 18.1 Å². The highest BCUT2D eigenvalue weighted by molar-refractivity contribution is 6.62. The molecule has 0 spiro atoms. The molecule has 6 heteroatoms. The van der Waals surface area contributed by atoms with E-state index in [9.17, 15) is 13.2 Å². The van der Waals surface area contributed by atoms with Gasteiger partial charge in [-0.05, 0) is 51.6 Å². The third-order valence-corrected chi connectivity index (χ3v) is 3.60. The first kappa shape index (κ1) is 9.10. The van der Waals surface area contributed by atoms with Crippen molar-refractivity contribution < 1.29 is 30.7 Å². The maximum absolute atomic E-state index is 13.5. The lowest BCUT2D eigenvalue weighted by molar-refractivity contribution is -0.138. The second-order valence-electron chi connectivity index (χ2n) is 5.62. The van der Waals surface area contributed by atoms with E-state index < -0.39 is 66.1 Å². The minimum absolute atomic E-state index is 0.603. The number of rotatable bonds is 1. The van der Waals surface area contributed by atoms with Gasteiger partial charge in [-0.25, -0.2) is 0 Å². The summed E-state index contributed by atoms with van der Waals surface area (Å²) in [6.45, 7) is 3.27. The zero-order chi connectivity index (χ0) is 20.5. The van der Waals surface area contributed by atoms with Gasteiger partial charge in [-0.3, -0.25) is 0 Å². The van der Waals surface area contributed by atoms with Crippen molar-refractivity contribution in [2.24, 2.45) is 0 Å². The molecule has 0 unspecified atom stereocenters. The SMILES string of the molecule is [2H]c1c([2H])c(C([2H])([2H])[2H])c(C(F)(F)F)c([2H])c1B1OC(C)(C)C(C)(C)O1. The lowest BCUT2D eigenvalue weighted by Crippen LogP contribution is -2.41. The standard InChI is InChI=1S/C14H18BF3O2/c1-9-6-7-10(8-11(9)14(16,17)18)15-19-12(2,3)13(4,5)20-15/h6-8H,1-5H3/i1D3,6D,7D,8D. The predicted molar refractivity (Wildman–Crippen MR) is 71.9 cm³/mol. The Kier molecular flexibility index (Phi) is 2.05. The van der Waals surface area contributed by atoms with Crippen LogP contribution in [0.4, 0.5) is 13.2 Å². The monoisotopic (exact) mass is 292 g/mol. The summed E-state index contributed by atoms with van der Waals surface area (Å²) >= 11 is 0. The van der Waals surface area contributed by atoms with Gasteiger partial charge in [0.05, 0.1) is 20.9 Å². The third-order valence-electron chi connectivity index (χ3n) is 3.60. The summed E-state index contributed by atoms with van der Waals surface area (Å²) in [5, 5.41) is 0. The van der Waals surface area contributed by atoms with Crippen LogP contribution in [-0.4, -0.2) is 18.3 Å². The van der Waals surface area contributed by atoms with Crippen molar-refractivity contribution in [3.05, 3.63) is 29.3 Å². The van der Waals surface area contributed by atoms with Gasteiger partial charge in [-0.1, -0.05) is 12.1 Å². The van der Waals surface area contributed by atoms with Crippen molar-refractivity contribution >= 4 is 12.6 Å². The highest BCUT2D eigenvalue weighted by atomic mass is 19.4. The van der Waals surface area contributed by atoms with Crippen LogP contribution in [0.25, 0.3) is 0 Å². The molecule has 1 aromatic carbocycles. The van der Waals surface area contributed by atoms with Gasteiger partial charge in [0, 0.05) is 4.11 Å². The lowest BCUT2D eigenvalue weighted by atomic mass is 9.77. The topological polar surface area (TPSA) is 18.5 Å². The Labute approximate surface area is 125 Å². The van der Waals surface area contributed by atoms with Crippen LogP contribution in [0.2, 0.25) is 0 Å². The van der Waals surface area contributed by atoms with E-state index in [0.29, 0.717) is 0 Å². The maximum atomic E-state index is 13.5. The summed E-state index contributed by atoms with van der Waals surface area (Å²) in [4.78, 5) is 0. The zero-order valence-electron chi connectivity index (χ0n) is 17.5. The second-order valence-corrected chi connectivity index (χ2v) is 5.62. The molecule has 0 amide bonds. The summed E-state index contributed by atoms with van der Waals surface area (Å²) in [5.41, 5.74) is -5.61. The van der Waals surface area contributed by atoms with Gasteiger partial charge in [0.1, 0.15) is 0 Å². The van der Waals surface area contributed by atoms with Gasteiger partial charge in [0.2, 0.25) is 0 Å². The smallest absolute Gasteiger partial charge is 0.399 e. The molecule has 1 saturated heterocycles. The largest absolute Gasteiger partial charge is 0.494 e. The van der Waals surface area contributed by atoms with Crippen LogP contribution in [-0.2, 0) is 15.5 Å². The molecule has 0 atom stereocenters. The molecule has 20 heavy (non-hydrogen) atoms. The van der Waals surface area contributed by atoms with E-state index in [1.165, 1.54) is 0 Å². The van der Waals surface area contributed by atoms with E-state index in [4.69, 9.17) is 17.5 Å². The molecule has 1 aliphatic rings.